The molecule has 0 amide bonds. The number of alkyl halides is 1. The predicted octanol–water partition coefficient (Wildman–Crippen LogP) is 5.44. The third-order valence-electron chi connectivity index (χ3n) is 3.17. The summed E-state index contributed by atoms with van der Waals surface area (Å²) in [5.41, 5.74) is 3.45. The van der Waals surface area contributed by atoms with Crippen molar-refractivity contribution in [3.8, 4) is 5.69 Å². The summed E-state index contributed by atoms with van der Waals surface area (Å²) in [7, 11) is 0. The minimum absolute atomic E-state index is 0.251. The minimum Gasteiger partial charge on any atom is -0.278 e. The molecule has 0 saturated carbocycles. The smallest absolute Gasteiger partial charge is 0.164 e. The number of halogens is 3. The summed E-state index contributed by atoms with van der Waals surface area (Å²) in [4.78, 5) is 9.11. The second-order valence-corrected chi connectivity index (χ2v) is 6.85. The van der Waals surface area contributed by atoms with E-state index in [-0.39, 0.29) is 5.38 Å². The normalized spacial score (nSPS) is 12.8. The minimum atomic E-state index is -0.251. The molecule has 2 aromatic heterocycles. The van der Waals surface area contributed by atoms with Crippen molar-refractivity contribution in [1.29, 1.82) is 0 Å². The van der Waals surface area contributed by atoms with Gasteiger partial charge in [0.2, 0.25) is 0 Å². The molecule has 0 aliphatic heterocycles. The Bertz CT molecular complexity index is 827. The van der Waals surface area contributed by atoms with Crippen LogP contribution in [0.2, 0.25) is 5.02 Å². The number of imidazole rings is 1. The molecule has 0 aliphatic carbocycles. The van der Waals surface area contributed by atoms with Gasteiger partial charge in [-0.05, 0) is 43.7 Å². The van der Waals surface area contributed by atoms with E-state index in [4.69, 9.17) is 23.2 Å². The maximum absolute atomic E-state index is 6.38. The van der Waals surface area contributed by atoms with Gasteiger partial charge in [0.1, 0.15) is 11.3 Å². The highest BCUT2D eigenvalue weighted by Crippen LogP contribution is 2.32. The first-order valence-corrected chi connectivity index (χ1v) is 8.02. The molecule has 0 bridgehead atoms. The molecule has 3 rings (SSSR count). The molecule has 1 atom stereocenters. The van der Waals surface area contributed by atoms with Gasteiger partial charge in [0.15, 0.2) is 5.65 Å². The average molecular weight is 385 g/mol. The van der Waals surface area contributed by atoms with E-state index in [9.17, 15) is 0 Å². The summed E-state index contributed by atoms with van der Waals surface area (Å²) in [6.07, 6.45) is 1.82. The lowest BCUT2D eigenvalue weighted by molar-refractivity contribution is 0.877. The van der Waals surface area contributed by atoms with E-state index in [0.29, 0.717) is 5.02 Å². The van der Waals surface area contributed by atoms with Gasteiger partial charge in [0, 0.05) is 10.7 Å². The second-order valence-electron chi connectivity index (χ2n) is 4.87. The van der Waals surface area contributed by atoms with Crippen LogP contribution in [0.3, 0.4) is 0 Å². The van der Waals surface area contributed by atoms with Crippen molar-refractivity contribution in [2.75, 3.05) is 0 Å². The summed E-state index contributed by atoms with van der Waals surface area (Å²) >= 11 is 16.1. The molecule has 0 aliphatic rings. The number of rotatable bonds is 2. The second kappa shape index (κ2) is 5.59. The lowest BCUT2D eigenvalue weighted by atomic mass is 10.3. The summed E-state index contributed by atoms with van der Waals surface area (Å²) in [5, 5.41) is 0.365. The molecule has 0 fully saturated rings. The Labute approximate surface area is 141 Å². The molecule has 0 spiro atoms. The van der Waals surface area contributed by atoms with Crippen LogP contribution >= 0.6 is 39.1 Å². The van der Waals surface area contributed by atoms with E-state index in [1.807, 2.05) is 48.9 Å². The molecule has 0 N–H and O–H groups in total. The molecule has 0 radical (unpaired) electrons. The number of fused-ring (bicyclic) bond motifs is 1. The van der Waals surface area contributed by atoms with Crippen LogP contribution in [0.5, 0.6) is 0 Å². The van der Waals surface area contributed by atoms with Crippen molar-refractivity contribution in [3.05, 3.63) is 51.3 Å². The van der Waals surface area contributed by atoms with Gasteiger partial charge in [0.25, 0.3) is 0 Å². The molecule has 108 valence electrons. The van der Waals surface area contributed by atoms with Gasteiger partial charge in [-0.1, -0.05) is 27.5 Å². The monoisotopic (exact) mass is 383 g/mol. The third-order valence-corrected chi connectivity index (χ3v) is 4.16. The van der Waals surface area contributed by atoms with Crippen LogP contribution in [0.15, 0.2) is 34.9 Å². The van der Waals surface area contributed by atoms with Gasteiger partial charge in [-0.25, -0.2) is 9.97 Å². The SMILES string of the molecule is Cc1cnc2c(c1)nc(C(C)Cl)n2-c1ccc(Br)cc1Cl. The van der Waals surface area contributed by atoms with Crippen LogP contribution in [0.1, 0.15) is 23.7 Å². The number of aromatic nitrogens is 3. The number of benzene rings is 1. The zero-order valence-corrected chi connectivity index (χ0v) is 14.5. The molecule has 6 heteroatoms. The highest BCUT2D eigenvalue weighted by molar-refractivity contribution is 9.10. The fourth-order valence-corrected chi connectivity index (χ4v) is 3.15. The first-order chi connectivity index (χ1) is 9.97. The lowest BCUT2D eigenvalue weighted by Gasteiger charge is -2.12. The lowest BCUT2D eigenvalue weighted by Crippen LogP contribution is -2.03. The van der Waals surface area contributed by atoms with Gasteiger partial charge in [-0.2, -0.15) is 0 Å². The Balaban J connectivity index is 2.36. The molecule has 1 aromatic carbocycles. The van der Waals surface area contributed by atoms with Crippen molar-refractivity contribution >= 4 is 50.3 Å². The van der Waals surface area contributed by atoms with Gasteiger partial charge in [-0.15, -0.1) is 11.6 Å². The van der Waals surface area contributed by atoms with E-state index in [1.54, 1.807) is 0 Å². The van der Waals surface area contributed by atoms with Gasteiger partial charge in [-0.3, -0.25) is 4.57 Å². The molecule has 2 heterocycles. The van der Waals surface area contributed by atoms with Crippen LogP contribution in [0, 0.1) is 6.92 Å². The largest absolute Gasteiger partial charge is 0.278 e. The summed E-state index contributed by atoms with van der Waals surface area (Å²) in [6.45, 7) is 3.88. The highest BCUT2D eigenvalue weighted by atomic mass is 79.9. The maximum Gasteiger partial charge on any atom is 0.164 e. The van der Waals surface area contributed by atoms with Crippen molar-refractivity contribution in [2.24, 2.45) is 0 Å². The molecular weight excluding hydrogens is 373 g/mol. The van der Waals surface area contributed by atoms with Crippen molar-refractivity contribution in [3.63, 3.8) is 0 Å². The Kier molecular flexibility index (Phi) is 3.95. The highest BCUT2D eigenvalue weighted by Gasteiger charge is 2.19. The fourth-order valence-electron chi connectivity index (χ4n) is 2.25. The average Bonchev–Trinajstić information content (AvgIpc) is 2.77. The Hall–Kier alpha value is -1.10. The van der Waals surface area contributed by atoms with Crippen LogP contribution in [0.4, 0.5) is 0 Å². The van der Waals surface area contributed by atoms with Crippen LogP contribution in [0.25, 0.3) is 16.9 Å². The molecule has 21 heavy (non-hydrogen) atoms. The standard InChI is InChI=1S/C15H12BrCl2N3/c1-8-5-12-15(19-7-8)21(14(20-12)9(2)17)13-4-3-10(16)6-11(13)18/h3-7,9H,1-2H3. The van der Waals surface area contributed by atoms with Crippen LogP contribution < -0.4 is 0 Å². The molecule has 3 nitrogen and oxygen atoms in total. The Morgan fingerprint density at radius 1 is 1.29 bits per heavy atom. The quantitative estimate of drug-likeness (QED) is 0.550. The topological polar surface area (TPSA) is 30.7 Å². The molecule has 0 saturated heterocycles. The number of nitrogens with zero attached hydrogens (tertiary/aromatic N) is 3. The molecule has 3 aromatic rings. The van der Waals surface area contributed by atoms with E-state index in [2.05, 4.69) is 25.9 Å². The summed E-state index contributed by atoms with van der Waals surface area (Å²) < 4.78 is 2.84. The molecular formula is C15H12BrCl2N3. The number of pyridine rings is 1. The maximum atomic E-state index is 6.38. The zero-order valence-electron chi connectivity index (χ0n) is 11.4. The number of hydrogen-bond donors (Lipinski definition) is 0. The van der Waals surface area contributed by atoms with Crippen LogP contribution in [-0.2, 0) is 0 Å². The van der Waals surface area contributed by atoms with E-state index < -0.39 is 0 Å². The summed E-state index contributed by atoms with van der Waals surface area (Å²) in [6, 6.07) is 7.70. The van der Waals surface area contributed by atoms with Gasteiger partial charge in [0.05, 0.1) is 16.1 Å². The fraction of sp³-hybridized carbons (Fsp3) is 0.200. The van der Waals surface area contributed by atoms with Crippen molar-refractivity contribution in [2.45, 2.75) is 19.2 Å². The Morgan fingerprint density at radius 2 is 2.05 bits per heavy atom. The van der Waals surface area contributed by atoms with Gasteiger partial charge >= 0.3 is 0 Å². The van der Waals surface area contributed by atoms with E-state index in [0.717, 1.165) is 32.7 Å². The third kappa shape index (κ3) is 2.68. The summed E-state index contributed by atoms with van der Waals surface area (Å²) in [5.74, 6) is 0.731. The van der Waals surface area contributed by atoms with Crippen molar-refractivity contribution < 1.29 is 0 Å². The zero-order chi connectivity index (χ0) is 15.1. The predicted molar refractivity (Wildman–Crippen MR) is 90.6 cm³/mol. The number of aryl methyl sites for hydroxylation is 1. The van der Waals surface area contributed by atoms with E-state index in [1.165, 1.54) is 0 Å². The van der Waals surface area contributed by atoms with Crippen LogP contribution in [-0.4, -0.2) is 14.5 Å². The van der Waals surface area contributed by atoms with Gasteiger partial charge < -0.3 is 0 Å². The Morgan fingerprint density at radius 3 is 2.71 bits per heavy atom. The van der Waals surface area contributed by atoms with Crippen molar-refractivity contribution in [1.82, 2.24) is 14.5 Å². The first kappa shape index (κ1) is 14.8. The van der Waals surface area contributed by atoms with E-state index >= 15 is 0 Å². The molecule has 1 unspecified atom stereocenters. The first-order valence-electron chi connectivity index (χ1n) is 6.42. The number of hydrogen-bond acceptors (Lipinski definition) is 2.